The summed E-state index contributed by atoms with van der Waals surface area (Å²) in [5, 5.41) is 9.05. The second-order valence-corrected chi connectivity index (χ2v) is 3.22. The highest BCUT2D eigenvalue weighted by molar-refractivity contribution is 7.99. The van der Waals surface area contributed by atoms with Gasteiger partial charge >= 0.3 is 0 Å². The Morgan fingerprint density at radius 1 is 1.80 bits per heavy atom. The first kappa shape index (κ1) is 7.43. The molecule has 0 spiro atoms. The molecule has 0 fully saturated rings. The van der Waals surface area contributed by atoms with Crippen LogP contribution < -0.4 is 0 Å². The van der Waals surface area contributed by atoms with Gasteiger partial charge in [0.25, 0.3) is 0 Å². The van der Waals surface area contributed by atoms with Crippen molar-refractivity contribution in [1.29, 1.82) is 5.26 Å². The average Bonchev–Trinajstić information content (AvgIpc) is 2.05. The van der Waals surface area contributed by atoms with Crippen LogP contribution in [0.15, 0.2) is 23.8 Å². The summed E-state index contributed by atoms with van der Waals surface area (Å²) >= 11 is 1.82. The Kier molecular flexibility index (Phi) is 2.58. The largest absolute Gasteiger partial charge is 0.192 e. The predicted molar refractivity (Wildman–Crippen MR) is 44.8 cm³/mol. The second kappa shape index (κ2) is 3.48. The monoisotopic (exact) mass is 151 g/mol. The minimum atomic E-state index is 0.581. The van der Waals surface area contributed by atoms with Gasteiger partial charge in [-0.15, -0.1) is 0 Å². The van der Waals surface area contributed by atoms with Gasteiger partial charge in [-0.25, -0.2) is 0 Å². The van der Waals surface area contributed by atoms with Crippen molar-refractivity contribution < 1.29 is 0 Å². The Labute approximate surface area is 65.4 Å². The maximum Gasteiger partial charge on any atom is 0.0988 e. The highest BCUT2D eigenvalue weighted by Crippen LogP contribution is 2.19. The van der Waals surface area contributed by atoms with Gasteiger partial charge in [-0.3, -0.25) is 0 Å². The van der Waals surface area contributed by atoms with Crippen LogP contribution in [-0.2, 0) is 0 Å². The molecular formula is C8H9NS. The van der Waals surface area contributed by atoms with Crippen LogP contribution in [0.3, 0.4) is 0 Å². The van der Waals surface area contributed by atoms with Crippen molar-refractivity contribution in [2.24, 2.45) is 0 Å². The minimum absolute atomic E-state index is 0.581. The number of nitrogens with zero attached hydrogens (tertiary/aromatic N) is 1. The zero-order valence-corrected chi connectivity index (χ0v) is 6.69. The first-order valence-corrected chi connectivity index (χ1v) is 4.47. The van der Waals surface area contributed by atoms with E-state index in [9.17, 15) is 0 Å². The van der Waals surface area contributed by atoms with E-state index in [2.05, 4.69) is 18.4 Å². The molecule has 0 radical (unpaired) electrons. The third kappa shape index (κ3) is 1.65. The van der Waals surface area contributed by atoms with Gasteiger partial charge in [0.2, 0.25) is 0 Å². The van der Waals surface area contributed by atoms with Crippen molar-refractivity contribution in [2.75, 3.05) is 6.26 Å². The number of nitriles is 1. The van der Waals surface area contributed by atoms with E-state index in [1.54, 1.807) is 0 Å². The van der Waals surface area contributed by atoms with Gasteiger partial charge in [-0.05, 0) is 18.8 Å². The maximum atomic E-state index is 8.47. The van der Waals surface area contributed by atoms with Crippen molar-refractivity contribution in [1.82, 2.24) is 0 Å². The lowest BCUT2D eigenvalue weighted by molar-refractivity contribution is 1.05. The summed E-state index contributed by atoms with van der Waals surface area (Å²) in [6, 6.07) is 2.11. The van der Waals surface area contributed by atoms with Crippen LogP contribution >= 0.6 is 11.8 Å². The van der Waals surface area contributed by atoms with Gasteiger partial charge in [0.1, 0.15) is 0 Å². The Balaban J connectivity index is 2.57. The minimum Gasteiger partial charge on any atom is -0.192 e. The molecule has 52 valence electrons. The molecule has 1 nitrogen and oxygen atoms in total. The number of hydrogen-bond acceptors (Lipinski definition) is 2. The van der Waals surface area contributed by atoms with Crippen molar-refractivity contribution in [3.8, 4) is 6.07 Å². The smallest absolute Gasteiger partial charge is 0.0988 e. The fourth-order valence-electron chi connectivity index (χ4n) is 0.858. The van der Waals surface area contributed by atoms with Crippen molar-refractivity contribution in [3.63, 3.8) is 0 Å². The topological polar surface area (TPSA) is 23.8 Å². The van der Waals surface area contributed by atoms with E-state index >= 15 is 0 Å². The van der Waals surface area contributed by atoms with Crippen LogP contribution in [0.5, 0.6) is 0 Å². The second-order valence-electron chi connectivity index (χ2n) is 2.14. The molecule has 0 saturated carbocycles. The maximum absolute atomic E-state index is 8.47. The van der Waals surface area contributed by atoms with Crippen molar-refractivity contribution in [2.45, 2.75) is 11.7 Å². The Bertz CT molecular complexity index is 210. The zero-order valence-electron chi connectivity index (χ0n) is 5.87. The quantitative estimate of drug-likeness (QED) is 0.573. The number of allylic oxidation sites excluding steroid dienone is 3. The standard InChI is InChI=1S/C8H9NS/c1-10-8-4-2-7(6-9)3-5-8/h2-4,8H,5H2,1H3. The molecule has 0 aromatic rings. The highest BCUT2D eigenvalue weighted by Gasteiger charge is 2.05. The lowest BCUT2D eigenvalue weighted by atomic mass is 10.1. The summed E-state index contributed by atoms with van der Waals surface area (Å²) in [4.78, 5) is 0. The van der Waals surface area contributed by atoms with Crippen LogP contribution in [0, 0.1) is 11.3 Å². The molecule has 1 unspecified atom stereocenters. The summed E-state index contributed by atoms with van der Waals surface area (Å²) in [7, 11) is 0. The predicted octanol–water partition coefficient (Wildman–Crippen LogP) is 2.13. The molecule has 0 amide bonds. The van der Waals surface area contributed by atoms with Crippen LogP contribution in [-0.4, -0.2) is 11.5 Å². The molecule has 0 aromatic heterocycles. The molecule has 0 saturated heterocycles. The van der Waals surface area contributed by atoms with Gasteiger partial charge < -0.3 is 0 Å². The lowest BCUT2D eigenvalue weighted by Gasteiger charge is -2.09. The first-order valence-electron chi connectivity index (χ1n) is 3.18. The fraction of sp³-hybridized carbons (Fsp3) is 0.375. The van der Waals surface area contributed by atoms with Crippen molar-refractivity contribution in [3.05, 3.63) is 23.8 Å². The third-order valence-corrected chi connectivity index (χ3v) is 2.45. The Morgan fingerprint density at radius 2 is 2.60 bits per heavy atom. The average molecular weight is 151 g/mol. The number of rotatable bonds is 1. The molecule has 0 aliphatic heterocycles. The van der Waals surface area contributed by atoms with Crippen LogP contribution in [0.2, 0.25) is 0 Å². The summed E-state index contributed by atoms with van der Waals surface area (Å²) in [5.41, 5.74) is 0.797. The normalized spacial score (nSPS) is 23.6. The number of hydrogen-bond donors (Lipinski definition) is 0. The Hall–Kier alpha value is -0.680. The molecule has 0 N–H and O–H groups in total. The molecule has 1 aliphatic carbocycles. The van der Waals surface area contributed by atoms with Crippen LogP contribution in [0.4, 0.5) is 0 Å². The molecular weight excluding hydrogens is 142 g/mol. The highest BCUT2D eigenvalue weighted by atomic mass is 32.2. The van der Waals surface area contributed by atoms with Gasteiger partial charge in [0.15, 0.2) is 0 Å². The van der Waals surface area contributed by atoms with E-state index in [4.69, 9.17) is 5.26 Å². The number of thioether (sulfide) groups is 1. The van der Waals surface area contributed by atoms with Gasteiger partial charge in [0.05, 0.1) is 6.07 Å². The lowest BCUT2D eigenvalue weighted by Crippen LogP contribution is -1.99. The molecule has 1 aliphatic rings. The van der Waals surface area contributed by atoms with E-state index in [1.807, 2.05) is 23.9 Å². The van der Waals surface area contributed by atoms with E-state index in [0.717, 1.165) is 12.0 Å². The summed E-state index contributed by atoms with van der Waals surface area (Å²) in [6.07, 6.45) is 9.05. The first-order chi connectivity index (χ1) is 4.86. The van der Waals surface area contributed by atoms with Crippen molar-refractivity contribution >= 4 is 11.8 Å². The van der Waals surface area contributed by atoms with E-state index in [0.29, 0.717) is 5.25 Å². The molecule has 2 heteroatoms. The summed E-state index contributed by atoms with van der Waals surface area (Å²) in [5.74, 6) is 0. The molecule has 0 heterocycles. The fourth-order valence-corrected chi connectivity index (χ4v) is 1.38. The third-order valence-electron chi connectivity index (χ3n) is 1.49. The molecule has 0 aromatic carbocycles. The van der Waals surface area contributed by atoms with Crippen LogP contribution in [0.25, 0.3) is 0 Å². The molecule has 1 rings (SSSR count). The van der Waals surface area contributed by atoms with Gasteiger partial charge in [-0.1, -0.05) is 12.2 Å². The van der Waals surface area contributed by atoms with E-state index in [-0.39, 0.29) is 0 Å². The van der Waals surface area contributed by atoms with E-state index in [1.165, 1.54) is 0 Å². The van der Waals surface area contributed by atoms with Crippen LogP contribution in [0.1, 0.15) is 6.42 Å². The SMILES string of the molecule is CSC1C=CC(C#N)=CC1. The molecule has 1 atom stereocenters. The van der Waals surface area contributed by atoms with Gasteiger partial charge in [-0.2, -0.15) is 17.0 Å². The zero-order chi connectivity index (χ0) is 7.40. The summed E-state index contributed by atoms with van der Waals surface area (Å²) in [6.45, 7) is 0. The summed E-state index contributed by atoms with van der Waals surface area (Å²) < 4.78 is 0. The molecule has 0 bridgehead atoms. The van der Waals surface area contributed by atoms with Gasteiger partial charge in [0, 0.05) is 10.8 Å². The van der Waals surface area contributed by atoms with E-state index < -0.39 is 0 Å². The Morgan fingerprint density at radius 3 is 3.00 bits per heavy atom. The molecule has 10 heavy (non-hydrogen) atoms.